The maximum absolute atomic E-state index is 13.4. The van der Waals surface area contributed by atoms with Crippen molar-refractivity contribution in [1.29, 1.82) is 0 Å². The summed E-state index contributed by atoms with van der Waals surface area (Å²) in [5.41, 5.74) is 5.92. The van der Waals surface area contributed by atoms with Crippen LogP contribution in [0.1, 0.15) is 12.8 Å². The van der Waals surface area contributed by atoms with Crippen LogP contribution >= 0.6 is 15.9 Å². The smallest absolute Gasteiger partial charge is 0.397 e. The second kappa shape index (κ2) is 4.60. The summed E-state index contributed by atoms with van der Waals surface area (Å²) in [6.45, 7) is -1.11. The number of alkyl halides is 3. The van der Waals surface area contributed by atoms with E-state index in [4.69, 9.17) is 5.73 Å². The molecular formula is C11H11BrF4N2. The molecule has 1 fully saturated rings. The van der Waals surface area contributed by atoms with Crippen LogP contribution in [0.4, 0.5) is 28.9 Å². The summed E-state index contributed by atoms with van der Waals surface area (Å²) >= 11 is 2.95. The highest BCUT2D eigenvalue weighted by molar-refractivity contribution is 9.10. The normalized spacial score (nSPS) is 15.8. The number of hydrogen-bond donors (Lipinski definition) is 1. The van der Waals surface area contributed by atoms with Gasteiger partial charge in [-0.25, -0.2) is 4.39 Å². The average Bonchev–Trinajstić information content (AvgIpc) is 3.02. The Labute approximate surface area is 110 Å². The Kier molecular flexibility index (Phi) is 3.44. The molecule has 0 bridgehead atoms. The molecule has 0 aliphatic heterocycles. The molecule has 1 saturated carbocycles. The van der Waals surface area contributed by atoms with E-state index < -0.39 is 18.5 Å². The zero-order chi connectivity index (χ0) is 13.5. The fourth-order valence-electron chi connectivity index (χ4n) is 1.79. The number of anilines is 2. The molecule has 0 radical (unpaired) electrons. The number of nitrogens with zero attached hydrogens (tertiary/aromatic N) is 1. The van der Waals surface area contributed by atoms with Gasteiger partial charge < -0.3 is 10.6 Å². The van der Waals surface area contributed by atoms with Crippen molar-refractivity contribution in [2.75, 3.05) is 17.2 Å². The molecule has 2 N–H and O–H groups in total. The first-order valence-corrected chi connectivity index (χ1v) is 6.15. The number of nitrogen functional groups attached to an aromatic ring is 1. The summed E-state index contributed by atoms with van der Waals surface area (Å²) in [5.74, 6) is -0.618. The van der Waals surface area contributed by atoms with Gasteiger partial charge in [0.05, 0.1) is 15.8 Å². The fourth-order valence-corrected chi connectivity index (χ4v) is 2.15. The van der Waals surface area contributed by atoms with Crippen LogP contribution < -0.4 is 10.6 Å². The zero-order valence-corrected chi connectivity index (χ0v) is 10.9. The number of rotatable bonds is 3. The Morgan fingerprint density at radius 2 is 1.94 bits per heavy atom. The topological polar surface area (TPSA) is 29.3 Å². The fraction of sp³-hybridized carbons (Fsp3) is 0.455. The molecule has 1 aromatic rings. The van der Waals surface area contributed by atoms with Crippen molar-refractivity contribution in [1.82, 2.24) is 0 Å². The summed E-state index contributed by atoms with van der Waals surface area (Å²) in [6.07, 6.45) is -2.99. The van der Waals surface area contributed by atoms with Gasteiger partial charge in [0.25, 0.3) is 0 Å². The summed E-state index contributed by atoms with van der Waals surface area (Å²) < 4.78 is 51.1. The van der Waals surface area contributed by atoms with Crippen molar-refractivity contribution >= 4 is 27.3 Å². The molecule has 2 rings (SSSR count). The van der Waals surface area contributed by atoms with Crippen molar-refractivity contribution in [2.24, 2.45) is 0 Å². The third kappa shape index (κ3) is 3.07. The number of nitrogens with two attached hydrogens (primary N) is 1. The van der Waals surface area contributed by atoms with E-state index in [2.05, 4.69) is 15.9 Å². The van der Waals surface area contributed by atoms with Gasteiger partial charge in [-0.3, -0.25) is 0 Å². The van der Waals surface area contributed by atoms with E-state index in [1.165, 1.54) is 6.07 Å². The molecular weight excluding hydrogens is 316 g/mol. The molecule has 0 unspecified atom stereocenters. The molecule has 1 aromatic carbocycles. The molecule has 18 heavy (non-hydrogen) atoms. The zero-order valence-electron chi connectivity index (χ0n) is 9.27. The van der Waals surface area contributed by atoms with Gasteiger partial charge in [0, 0.05) is 12.1 Å². The van der Waals surface area contributed by atoms with Crippen molar-refractivity contribution in [3.8, 4) is 0 Å². The predicted molar refractivity (Wildman–Crippen MR) is 64.9 cm³/mol. The lowest BCUT2D eigenvalue weighted by Gasteiger charge is -2.27. The Hall–Kier alpha value is -0.980. The lowest BCUT2D eigenvalue weighted by Crippen LogP contribution is -2.36. The second-order valence-corrected chi connectivity index (χ2v) is 5.15. The molecule has 0 atom stereocenters. The van der Waals surface area contributed by atoms with Crippen molar-refractivity contribution in [3.05, 3.63) is 22.4 Å². The molecule has 0 amide bonds. The highest BCUT2D eigenvalue weighted by Crippen LogP contribution is 2.38. The molecule has 1 aliphatic rings. The third-order valence-electron chi connectivity index (χ3n) is 2.72. The van der Waals surface area contributed by atoms with E-state index in [0.29, 0.717) is 12.8 Å². The van der Waals surface area contributed by atoms with Crippen LogP contribution in [-0.4, -0.2) is 18.8 Å². The maximum Gasteiger partial charge on any atom is 0.405 e. The molecule has 0 saturated heterocycles. The van der Waals surface area contributed by atoms with E-state index in [1.807, 2.05) is 0 Å². The van der Waals surface area contributed by atoms with Crippen LogP contribution in [0.5, 0.6) is 0 Å². The van der Waals surface area contributed by atoms with E-state index in [1.54, 1.807) is 0 Å². The predicted octanol–water partition coefficient (Wildman–Crippen LogP) is 3.70. The van der Waals surface area contributed by atoms with Crippen molar-refractivity contribution in [2.45, 2.75) is 25.1 Å². The van der Waals surface area contributed by atoms with Gasteiger partial charge in [0.2, 0.25) is 0 Å². The third-order valence-corrected chi connectivity index (χ3v) is 3.32. The van der Waals surface area contributed by atoms with Gasteiger partial charge in [-0.2, -0.15) is 13.2 Å². The van der Waals surface area contributed by atoms with Gasteiger partial charge >= 0.3 is 6.18 Å². The van der Waals surface area contributed by atoms with Crippen molar-refractivity contribution in [3.63, 3.8) is 0 Å². The highest BCUT2D eigenvalue weighted by Gasteiger charge is 2.39. The summed E-state index contributed by atoms with van der Waals surface area (Å²) in [7, 11) is 0. The highest BCUT2D eigenvalue weighted by atomic mass is 79.9. The largest absolute Gasteiger partial charge is 0.405 e. The van der Waals surface area contributed by atoms with E-state index in [0.717, 1.165) is 11.0 Å². The number of halogens is 5. The van der Waals surface area contributed by atoms with Crippen molar-refractivity contribution < 1.29 is 17.6 Å². The van der Waals surface area contributed by atoms with Crippen LogP contribution in [0.2, 0.25) is 0 Å². The lowest BCUT2D eigenvalue weighted by atomic mass is 10.2. The van der Waals surface area contributed by atoms with Gasteiger partial charge in [0.15, 0.2) is 0 Å². The molecule has 0 spiro atoms. The second-order valence-electron chi connectivity index (χ2n) is 4.30. The molecule has 7 heteroatoms. The quantitative estimate of drug-likeness (QED) is 0.677. The average molecular weight is 327 g/mol. The first-order valence-electron chi connectivity index (χ1n) is 5.36. The van der Waals surface area contributed by atoms with Gasteiger partial charge in [-0.15, -0.1) is 0 Å². The van der Waals surface area contributed by atoms with Crippen LogP contribution in [0.3, 0.4) is 0 Å². The molecule has 0 heterocycles. The molecule has 1 aliphatic carbocycles. The van der Waals surface area contributed by atoms with Crippen LogP contribution in [0.25, 0.3) is 0 Å². The van der Waals surface area contributed by atoms with Crippen LogP contribution in [0, 0.1) is 5.82 Å². The summed E-state index contributed by atoms with van der Waals surface area (Å²) in [5, 5.41) is 0. The van der Waals surface area contributed by atoms with E-state index in [-0.39, 0.29) is 21.9 Å². The standard InChI is InChI=1S/C11H11BrF4N2/c12-7-3-9(17)10(4-8(7)13)18(6-1-2-6)5-11(14,15)16/h3-4,6H,1-2,5,17H2. The number of benzene rings is 1. The SMILES string of the molecule is Nc1cc(Br)c(F)cc1N(CC(F)(F)F)C1CC1. The minimum absolute atomic E-state index is 0.107. The first-order chi connectivity index (χ1) is 8.28. The van der Waals surface area contributed by atoms with Gasteiger partial charge in [-0.05, 0) is 34.8 Å². The first kappa shape index (κ1) is 13.5. The monoisotopic (exact) mass is 326 g/mol. The summed E-state index contributed by atoms with van der Waals surface area (Å²) in [6, 6.07) is 2.13. The van der Waals surface area contributed by atoms with Gasteiger partial charge in [-0.1, -0.05) is 0 Å². The van der Waals surface area contributed by atoms with E-state index >= 15 is 0 Å². The Morgan fingerprint density at radius 1 is 1.33 bits per heavy atom. The van der Waals surface area contributed by atoms with E-state index in [9.17, 15) is 17.6 Å². The molecule has 2 nitrogen and oxygen atoms in total. The Morgan fingerprint density at radius 3 is 2.44 bits per heavy atom. The Bertz CT molecular complexity index is 457. The molecule has 0 aromatic heterocycles. The summed E-state index contributed by atoms with van der Waals surface area (Å²) in [4.78, 5) is 1.13. The van der Waals surface area contributed by atoms with Gasteiger partial charge in [0.1, 0.15) is 12.4 Å². The maximum atomic E-state index is 13.4. The number of hydrogen-bond acceptors (Lipinski definition) is 2. The minimum atomic E-state index is -4.33. The molecule has 100 valence electrons. The lowest BCUT2D eigenvalue weighted by molar-refractivity contribution is -0.119. The van der Waals surface area contributed by atoms with Crippen LogP contribution in [-0.2, 0) is 0 Å². The van der Waals surface area contributed by atoms with Crippen LogP contribution in [0.15, 0.2) is 16.6 Å². The minimum Gasteiger partial charge on any atom is -0.397 e. The Balaban J connectivity index is 2.34.